The SMILES string of the molecule is COc1c(C)cc(F)c(Br)c1C1CCCNC1. The highest BCUT2D eigenvalue weighted by molar-refractivity contribution is 9.10. The standard InChI is InChI=1S/C13H17BrFNO/c1-8-6-10(15)12(14)11(13(8)17-2)9-4-3-5-16-7-9/h6,9,16H,3-5,7H2,1-2H3. The minimum Gasteiger partial charge on any atom is -0.496 e. The molecule has 1 atom stereocenters. The maximum absolute atomic E-state index is 13.8. The molecule has 1 aliphatic rings. The van der Waals surface area contributed by atoms with E-state index < -0.39 is 0 Å². The van der Waals surface area contributed by atoms with Crippen molar-refractivity contribution in [1.82, 2.24) is 5.32 Å². The molecule has 1 fully saturated rings. The van der Waals surface area contributed by atoms with Gasteiger partial charge in [-0.1, -0.05) is 0 Å². The van der Waals surface area contributed by atoms with E-state index in [1.165, 1.54) is 6.07 Å². The van der Waals surface area contributed by atoms with Gasteiger partial charge in [-0.15, -0.1) is 0 Å². The summed E-state index contributed by atoms with van der Waals surface area (Å²) >= 11 is 3.36. The van der Waals surface area contributed by atoms with Gasteiger partial charge in [0, 0.05) is 18.0 Å². The quantitative estimate of drug-likeness (QED) is 0.904. The fourth-order valence-electron chi connectivity index (χ4n) is 2.49. The molecule has 1 aromatic carbocycles. The third-order valence-corrected chi connectivity index (χ3v) is 4.11. The topological polar surface area (TPSA) is 21.3 Å². The Kier molecular flexibility index (Phi) is 4.05. The molecule has 1 aliphatic heterocycles. The van der Waals surface area contributed by atoms with Crippen LogP contribution in [0.2, 0.25) is 0 Å². The maximum atomic E-state index is 13.8. The lowest BCUT2D eigenvalue weighted by molar-refractivity contribution is 0.386. The fourth-order valence-corrected chi connectivity index (χ4v) is 3.11. The molecule has 2 rings (SSSR count). The number of hydrogen-bond acceptors (Lipinski definition) is 2. The zero-order valence-corrected chi connectivity index (χ0v) is 11.7. The number of methoxy groups -OCH3 is 1. The van der Waals surface area contributed by atoms with Crippen LogP contribution in [0.15, 0.2) is 10.5 Å². The number of nitrogens with one attached hydrogen (secondary N) is 1. The van der Waals surface area contributed by atoms with Crippen LogP contribution < -0.4 is 10.1 Å². The zero-order chi connectivity index (χ0) is 12.4. The molecule has 1 saturated heterocycles. The molecule has 1 heterocycles. The van der Waals surface area contributed by atoms with Crippen LogP contribution in [0.5, 0.6) is 5.75 Å². The fraction of sp³-hybridized carbons (Fsp3) is 0.538. The molecule has 0 spiro atoms. The third kappa shape index (κ3) is 2.47. The highest BCUT2D eigenvalue weighted by Gasteiger charge is 2.24. The van der Waals surface area contributed by atoms with Crippen molar-refractivity contribution in [2.24, 2.45) is 0 Å². The van der Waals surface area contributed by atoms with Crippen molar-refractivity contribution in [2.75, 3.05) is 20.2 Å². The predicted octanol–water partition coefficient (Wildman–Crippen LogP) is 3.37. The van der Waals surface area contributed by atoms with Gasteiger partial charge in [0.1, 0.15) is 11.6 Å². The molecule has 94 valence electrons. The average molecular weight is 302 g/mol. The van der Waals surface area contributed by atoms with Crippen molar-refractivity contribution in [2.45, 2.75) is 25.7 Å². The Morgan fingerprint density at radius 3 is 2.88 bits per heavy atom. The number of hydrogen-bond donors (Lipinski definition) is 1. The molecule has 0 radical (unpaired) electrons. The van der Waals surface area contributed by atoms with E-state index in [0.29, 0.717) is 10.4 Å². The summed E-state index contributed by atoms with van der Waals surface area (Å²) in [5.41, 5.74) is 1.82. The lowest BCUT2D eigenvalue weighted by Gasteiger charge is -2.26. The monoisotopic (exact) mass is 301 g/mol. The number of rotatable bonds is 2. The summed E-state index contributed by atoms with van der Waals surface area (Å²) in [4.78, 5) is 0. The Morgan fingerprint density at radius 2 is 2.29 bits per heavy atom. The minimum atomic E-state index is -0.205. The minimum absolute atomic E-state index is 0.205. The van der Waals surface area contributed by atoms with Gasteiger partial charge in [-0.05, 0) is 53.9 Å². The molecule has 0 aliphatic carbocycles. The van der Waals surface area contributed by atoms with E-state index in [-0.39, 0.29) is 5.82 Å². The number of benzene rings is 1. The molecule has 4 heteroatoms. The van der Waals surface area contributed by atoms with Crippen LogP contribution in [0, 0.1) is 12.7 Å². The second-order valence-electron chi connectivity index (χ2n) is 4.48. The van der Waals surface area contributed by atoms with E-state index in [9.17, 15) is 4.39 Å². The van der Waals surface area contributed by atoms with Gasteiger partial charge < -0.3 is 10.1 Å². The van der Waals surface area contributed by atoms with Crippen LogP contribution in [0.25, 0.3) is 0 Å². The molecule has 0 saturated carbocycles. The zero-order valence-electron chi connectivity index (χ0n) is 10.1. The van der Waals surface area contributed by atoms with Crippen molar-refractivity contribution in [1.29, 1.82) is 0 Å². The van der Waals surface area contributed by atoms with E-state index in [1.54, 1.807) is 7.11 Å². The first kappa shape index (κ1) is 12.8. The highest BCUT2D eigenvalue weighted by Crippen LogP contribution is 2.40. The molecule has 1 aromatic rings. The van der Waals surface area contributed by atoms with Gasteiger partial charge in [-0.2, -0.15) is 0 Å². The number of piperidine rings is 1. The first-order valence-electron chi connectivity index (χ1n) is 5.88. The highest BCUT2D eigenvalue weighted by atomic mass is 79.9. The van der Waals surface area contributed by atoms with Crippen LogP contribution in [0.4, 0.5) is 4.39 Å². The van der Waals surface area contributed by atoms with Gasteiger partial charge in [-0.3, -0.25) is 0 Å². The van der Waals surface area contributed by atoms with E-state index in [2.05, 4.69) is 21.2 Å². The number of ether oxygens (including phenoxy) is 1. The van der Waals surface area contributed by atoms with Crippen LogP contribution >= 0.6 is 15.9 Å². The maximum Gasteiger partial charge on any atom is 0.138 e. The number of aryl methyl sites for hydroxylation is 1. The second kappa shape index (κ2) is 5.36. The van der Waals surface area contributed by atoms with Gasteiger partial charge in [0.05, 0.1) is 11.6 Å². The van der Waals surface area contributed by atoms with Gasteiger partial charge in [0.15, 0.2) is 0 Å². The molecule has 1 unspecified atom stereocenters. The van der Waals surface area contributed by atoms with Gasteiger partial charge in [0.2, 0.25) is 0 Å². The smallest absolute Gasteiger partial charge is 0.138 e. The van der Waals surface area contributed by atoms with E-state index in [4.69, 9.17) is 4.74 Å². The summed E-state index contributed by atoms with van der Waals surface area (Å²) in [6.07, 6.45) is 2.20. The summed E-state index contributed by atoms with van der Waals surface area (Å²) in [6.45, 7) is 3.82. The largest absolute Gasteiger partial charge is 0.496 e. The number of halogens is 2. The second-order valence-corrected chi connectivity index (χ2v) is 5.27. The van der Waals surface area contributed by atoms with Crippen molar-refractivity contribution in [3.8, 4) is 5.75 Å². The van der Waals surface area contributed by atoms with Crippen LogP contribution in [-0.2, 0) is 0 Å². The average Bonchev–Trinajstić information content (AvgIpc) is 2.34. The Morgan fingerprint density at radius 1 is 1.53 bits per heavy atom. The summed E-state index contributed by atoms with van der Waals surface area (Å²) in [7, 11) is 1.65. The van der Waals surface area contributed by atoms with Crippen molar-refractivity contribution >= 4 is 15.9 Å². The van der Waals surface area contributed by atoms with Crippen molar-refractivity contribution in [3.63, 3.8) is 0 Å². The molecule has 1 N–H and O–H groups in total. The summed E-state index contributed by atoms with van der Waals surface area (Å²) in [5.74, 6) is 0.929. The Labute approximate surface area is 110 Å². The van der Waals surface area contributed by atoms with E-state index in [0.717, 1.165) is 42.8 Å². The van der Waals surface area contributed by atoms with Gasteiger partial charge in [0.25, 0.3) is 0 Å². The Hall–Kier alpha value is -0.610. The predicted molar refractivity (Wildman–Crippen MR) is 70.2 cm³/mol. The molecule has 0 amide bonds. The van der Waals surface area contributed by atoms with E-state index >= 15 is 0 Å². The summed E-state index contributed by atoms with van der Waals surface area (Å²) in [6, 6.07) is 1.52. The van der Waals surface area contributed by atoms with Crippen LogP contribution in [-0.4, -0.2) is 20.2 Å². The lowest BCUT2D eigenvalue weighted by atomic mass is 9.89. The normalized spacial score (nSPS) is 20.4. The first-order chi connectivity index (χ1) is 8.15. The first-order valence-corrected chi connectivity index (χ1v) is 6.67. The van der Waals surface area contributed by atoms with Crippen LogP contribution in [0.3, 0.4) is 0 Å². The van der Waals surface area contributed by atoms with Gasteiger partial charge >= 0.3 is 0 Å². The molecule has 0 aromatic heterocycles. The van der Waals surface area contributed by atoms with Crippen molar-refractivity contribution < 1.29 is 9.13 Å². The van der Waals surface area contributed by atoms with Crippen molar-refractivity contribution in [3.05, 3.63) is 27.5 Å². The van der Waals surface area contributed by atoms with Crippen LogP contribution in [0.1, 0.15) is 29.9 Å². The Bertz CT molecular complexity index is 416. The summed E-state index contributed by atoms with van der Waals surface area (Å²) in [5, 5.41) is 3.35. The molecular weight excluding hydrogens is 285 g/mol. The third-order valence-electron chi connectivity index (χ3n) is 3.30. The molecular formula is C13H17BrFNO. The van der Waals surface area contributed by atoms with Gasteiger partial charge in [-0.25, -0.2) is 4.39 Å². The molecule has 17 heavy (non-hydrogen) atoms. The molecule has 0 bridgehead atoms. The lowest BCUT2D eigenvalue weighted by Crippen LogP contribution is -2.29. The summed E-state index contributed by atoms with van der Waals surface area (Å²) < 4.78 is 19.8. The molecule has 2 nitrogen and oxygen atoms in total. The van der Waals surface area contributed by atoms with E-state index in [1.807, 2.05) is 6.92 Å². The Balaban J connectivity index is 2.48.